The van der Waals surface area contributed by atoms with E-state index in [1.165, 1.54) is 17.8 Å². The molecule has 2 heterocycles. The van der Waals surface area contributed by atoms with Crippen molar-refractivity contribution in [1.82, 2.24) is 14.8 Å². The summed E-state index contributed by atoms with van der Waals surface area (Å²) in [6.07, 6.45) is 5.13. The van der Waals surface area contributed by atoms with Gasteiger partial charge in [-0.15, -0.1) is 11.3 Å². The minimum atomic E-state index is -0.00756. The van der Waals surface area contributed by atoms with E-state index >= 15 is 0 Å². The van der Waals surface area contributed by atoms with Crippen molar-refractivity contribution in [2.24, 2.45) is 11.8 Å². The minimum absolute atomic E-state index is 0.00756. The minimum Gasteiger partial charge on any atom is -0.343 e. The van der Waals surface area contributed by atoms with Crippen molar-refractivity contribution < 1.29 is 9.59 Å². The van der Waals surface area contributed by atoms with Gasteiger partial charge in [0.25, 0.3) is 5.91 Å². The Labute approximate surface area is 167 Å². The highest BCUT2D eigenvalue weighted by Gasteiger charge is 2.23. The normalized spacial score (nSPS) is 18.2. The smallest absolute Gasteiger partial charge is 0.273 e. The van der Waals surface area contributed by atoms with Gasteiger partial charge in [0.2, 0.25) is 5.91 Å². The lowest BCUT2D eigenvalue weighted by molar-refractivity contribution is -0.130. The molecule has 2 amide bonds. The molecule has 1 aliphatic heterocycles. The van der Waals surface area contributed by atoms with E-state index in [2.05, 4.69) is 18.5 Å². The average Bonchev–Trinajstić information content (AvgIpc) is 3.06. The molecule has 0 N–H and O–H groups in total. The Bertz CT molecular complexity index is 670. The Morgan fingerprint density at radius 3 is 2.85 bits per heavy atom. The third-order valence-electron chi connectivity index (χ3n) is 5.23. The number of piperidine rings is 1. The zero-order valence-corrected chi connectivity index (χ0v) is 18.0. The molecule has 0 aromatic carbocycles. The number of rotatable bonds is 8. The molecule has 1 aliphatic rings. The van der Waals surface area contributed by atoms with Gasteiger partial charge in [0.15, 0.2) is 0 Å². The van der Waals surface area contributed by atoms with E-state index in [1.807, 2.05) is 24.3 Å². The number of thiazole rings is 1. The molecule has 150 valence electrons. The van der Waals surface area contributed by atoms with Gasteiger partial charge in [0, 0.05) is 45.4 Å². The second-order valence-corrected chi connectivity index (χ2v) is 9.03. The fourth-order valence-corrected chi connectivity index (χ4v) is 4.57. The van der Waals surface area contributed by atoms with Crippen LogP contribution in [-0.2, 0) is 11.2 Å². The largest absolute Gasteiger partial charge is 0.343 e. The maximum atomic E-state index is 12.6. The van der Waals surface area contributed by atoms with Crippen molar-refractivity contribution in [3.8, 4) is 0 Å². The summed E-state index contributed by atoms with van der Waals surface area (Å²) in [6, 6.07) is 0. The predicted molar refractivity (Wildman–Crippen MR) is 111 cm³/mol. The summed E-state index contributed by atoms with van der Waals surface area (Å²) >= 11 is 1.52. The Kier molecular flexibility index (Phi) is 8.02. The van der Waals surface area contributed by atoms with Crippen LogP contribution in [-0.4, -0.2) is 53.3 Å². The number of aromatic nitrogens is 1. The van der Waals surface area contributed by atoms with Crippen LogP contribution < -0.4 is 0 Å². The summed E-state index contributed by atoms with van der Waals surface area (Å²) in [5.41, 5.74) is 1.59. The van der Waals surface area contributed by atoms with E-state index in [0.717, 1.165) is 55.9 Å². The van der Waals surface area contributed by atoms with Crippen molar-refractivity contribution in [2.45, 2.75) is 52.9 Å². The fraction of sp³-hybridized carbons (Fsp3) is 0.667. The van der Waals surface area contributed by atoms with E-state index in [1.54, 1.807) is 11.8 Å². The molecule has 0 radical (unpaired) electrons. The van der Waals surface area contributed by atoms with Crippen LogP contribution in [0, 0.1) is 11.8 Å². The molecule has 0 spiro atoms. The Morgan fingerprint density at radius 1 is 1.44 bits per heavy atom. The van der Waals surface area contributed by atoms with E-state index in [-0.39, 0.29) is 11.8 Å². The van der Waals surface area contributed by atoms with Crippen molar-refractivity contribution in [3.63, 3.8) is 0 Å². The number of hydrogen-bond donors (Lipinski definition) is 0. The Hall–Kier alpha value is -1.69. The summed E-state index contributed by atoms with van der Waals surface area (Å²) in [7, 11) is 1.85. The van der Waals surface area contributed by atoms with Crippen LogP contribution in [0.3, 0.4) is 0 Å². The third-order valence-corrected chi connectivity index (χ3v) is 6.08. The van der Waals surface area contributed by atoms with Gasteiger partial charge in [-0.3, -0.25) is 9.59 Å². The number of hydrogen-bond acceptors (Lipinski definition) is 4. The highest BCUT2D eigenvalue weighted by Crippen LogP contribution is 2.25. The molecule has 2 unspecified atom stereocenters. The molecule has 5 nitrogen and oxygen atoms in total. The highest BCUT2D eigenvalue weighted by molar-refractivity contribution is 7.09. The lowest BCUT2D eigenvalue weighted by atomic mass is 9.87. The Balaban J connectivity index is 1.77. The molecule has 2 rings (SSSR count). The van der Waals surface area contributed by atoms with Crippen molar-refractivity contribution >= 4 is 23.2 Å². The first-order valence-electron chi connectivity index (χ1n) is 9.86. The molecule has 1 fully saturated rings. The second-order valence-electron chi connectivity index (χ2n) is 8.09. The van der Waals surface area contributed by atoms with Crippen molar-refractivity contribution in [2.75, 3.05) is 26.7 Å². The SMILES string of the molecule is C=C(C)Cc1nc(C(=O)N(C)CCC(C)CC2CCCN(C(C)=O)C2)cs1. The van der Waals surface area contributed by atoms with Crippen molar-refractivity contribution in [3.05, 3.63) is 28.2 Å². The summed E-state index contributed by atoms with van der Waals surface area (Å²) in [6.45, 7) is 12.3. The van der Waals surface area contributed by atoms with Gasteiger partial charge in [-0.1, -0.05) is 19.1 Å². The number of carbonyl (C=O) groups is 2. The van der Waals surface area contributed by atoms with Gasteiger partial charge in [-0.25, -0.2) is 4.98 Å². The molecular weight excluding hydrogens is 358 g/mol. The zero-order chi connectivity index (χ0) is 20.0. The van der Waals surface area contributed by atoms with Crippen LogP contribution in [0.4, 0.5) is 0 Å². The maximum absolute atomic E-state index is 12.6. The standard InChI is InChI=1S/C21H33N3O2S/c1-15(2)11-20-22-19(14-27-20)21(26)23(5)10-8-16(3)12-18-7-6-9-24(13-18)17(4)25/h14,16,18H,1,6-13H2,2-5H3. The number of nitrogens with zero attached hydrogens (tertiary/aromatic N) is 3. The predicted octanol–water partition coefficient (Wildman–Crippen LogP) is 4.01. The van der Waals surface area contributed by atoms with Crippen LogP contribution in [0.5, 0.6) is 0 Å². The quantitative estimate of drug-likeness (QED) is 0.629. The van der Waals surface area contributed by atoms with Crippen LogP contribution in [0.2, 0.25) is 0 Å². The van der Waals surface area contributed by atoms with Crippen molar-refractivity contribution in [1.29, 1.82) is 0 Å². The summed E-state index contributed by atoms with van der Waals surface area (Å²) in [4.78, 5) is 32.4. The lowest BCUT2D eigenvalue weighted by Crippen LogP contribution is -2.39. The number of likely N-dealkylation sites (tertiary alicyclic amines) is 1. The fourth-order valence-electron chi connectivity index (χ4n) is 3.69. The second kappa shape index (κ2) is 10.0. The monoisotopic (exact) mass is 391 g/mol. The molecule has 1 saturated heterocycles. The maximum Gasteiger partial charge on any atom is 0.273 e. The summed E-state index contributed by atoms with van der Waals surface area (Å²) < 4.78 is 0. The first kappa shape index (κ1) is 21.6. The molecular formula is C21H33N3O2S. The molecule has 0 bridgehead atoms. The van der Waals surface area contributed by atoms with Gasteiger partial charge >= 0.3 is 0 Å². The van der Waals surface area contributed by atoms with Crippen LogP contribution in [0.25, 0.3) is 0 Å². The molecule has 6 heteroatoms. The van der Waals surface area contributed by atoms with Gasteiger partial charge in [0.1, 0.15) is 5.69 Å². The molecule has 0 saturated carbocycles. The van der Waals surface area contributed by atoms with Gasteiger partial charge in [0.05, 0.1) is 5.01 Å². The van der Waals surface area contributed by atoms with E-state index in [0.29, 0.717) is 17.5 Å². The number of amides is 2. The Morgan fingerprint density at radius 2 is 2.19 bits per heavy atom. The average molecular weight is 392 g/mol. The first-order chi connectivity index (χ1) is 12.8. The summed E-state index contributed by atoms with van der Waals surface area (Å²) in [5.74, 6) is 1.30. The van der Waals surface area contributed by atoms with E-state index < -0.39 is 0 Å². The molecule has 1 aromatic heterocycles. The number of carbonyl (C=O) groups excluding carboxylic acids is 2. The lowest BCUT2D eigenvalue weighted by Gasteiger charge is -2.33. The van der Waals surface area contributed by atoms with Gasteiger partial charge < -0.3 is 9.80 Å². The third kappa shape index (κ3) is 6.76. The van der Waals surface area contributed by atoms with Gasteiger partial charge in [-0.05, 0) is 44.4 Å². The number of allylic oxidation sites excluding steroid dienone is 1. The first-order valence-corrected chi connectivity index (χ1v) is 10.7. The molecule has 27 heavy (non-hydrogen) atoms. The topological polar surface area (TPSA) is 53.5 Å². The van der Waals surface area contributed by atoms with E-state index in [4.69, 9.17) is 0 Å². The molecule has 2 atom stereocenters. The van der Waals surface area contributed by atoms with Gasteiger partial charge in [-0.2, -0.15) is 0 Å². The highest BCUT2D eigenvalue weighted by atomic mass is 32.1. The molecule has 0 aliphatic carbocycles. The molecule has 1 aromatic rings. The van der Waals surface area contributed by atoms with Crippen LogP contribution in [0.1, 0.15) is 62.0 Å². The van der Waals surface area contributed by atoms with Crippen LogP contribution >= 0.6 is 11.3 Å². The van der Waals surface area contributed by atoms with E-state index in [9.17, 15) is 9.59 Å². The zero-order valence-electron chi connectivity index (χ0n) is 17.2. The van der Waals surface area contributed by atoms with Crippen LogP contribution in [0.15, 0.2) is 17.5 Å². The summed E-state index contributed by atoms with van der Waals surface area (Å²) in [5, 5.41) is 2.79.